The van der Waals surface area contributed by atoms with E-state index in [1.807, 2.05) is 48.0 Å². The Morgan fingerprint density at radius 2 is 2.08 bits per heavy atom. The molecule has 6 nitrogen and oxygen atoms in total. The number of carbonyl (C=O) groups excluding carboxylic acids is 1. The lowest BCUT2D eigenvalue weighted by Gasteiger charge is -2.35. The summed E-state index contributed by atoms with van der Waals surface area (Å²) < 4.78 is 7.23. The number of carbonyl (C=O) groups is 1. The van der Waals surface area contributed by atoms with E-state index in [2.05, 4.69) is 0 Å². The molecule has 3 rings (SSSR count). The molecule has 1 aromatic heterocycles. The molecule has 0 unspecified atom stereocenters. The van der Waals surface area contributed by atoms with E-state index >= 15 is 0 Å². The maximum Gasteiger partial charge on any atom is 0.242 e. The van der Waals surface area contributed by atoms with Crippen LogP contribution in [0.15, 0.2) is 36.5 Å². The number of likely N-dealkylation sites (N-methyl/N-ethyl adjacent to an activating group) is 1. The van der Waals surface area contributed by atoms with E-state index in [9.17, 15) is 15.0 Å². The molecule has 0 bridgehead atoms. The van der Waals surface area contributed by atoms with Gasteiger partial charge in [-0.25, -0.2) is 0 Å². The van der Waals surface area contributed by atoms with Crippen LogP contribution in [0, 0.1) is 5.92 Å². The predicted octanol–water partition coefficient (Wildman–Crippen LogP) is 0.858. The third-order valence-corrected chi connectivity index (χ3v) is 4.67. The number of aromatic nitrogens is 1. The van der Waals surface area contributed by atoms with Crippen LogP contribution in [-0.4, -0.2) is 64.1 Å². The number of benzene rings is 1. The summed E-state index contributed by atoms with van der Waals surface area (Å²) in [7, 11) is 0. The topological polar surface area (TPSA) is 74.9 Å². The highest BCUT2D eigenvalue weighted by molar-refractivity contribution is 5.83. The van der Waals surface area contributed by atoms with E-state index < -0.39 is 12.2 Å². The minimum absolute atomic E-state index is 0.00823. The van der Waals surface area contributed by atoms with Gasteiger partial charge in [-0.2, -0.15) is 0 Å². The van der Waals surface area contributed by atoms with Crippen molar-refractivity contribution in [3.8, 4) is 0 Å². The molecule has 2 aromatic rings. The zero-order valence-corrected chi connectivity index (χ0v) is 13.8. The monoisotopic (exact) mass is 332 g/mol. The van der Waals surface area contributed by atoms with Crippen LogP contribution >= 0.6 is 0 Å². The zero-order chi connectivity index (χ0) is 17.1. The summed E-state index contributed by atoms with van der Waals surface area (Å²) in [6.45, 7) is 3.61. The van der Waals surface area contributed by atoms with Gasteiger partial charge >= 0.3 is 0 Å². The molecular weight excluding hydrogens is 308 g/mol. The number of nitrogens with zero attached hydrogens (tertiary/aromatic N) is 2. The van der Waals surface area contributed by atoms with E-state index in [1.54, 1.807) is 4.90 Å². The first kappa shape index (κ1) is 17.0. The van der Waals surface area contributed by atoms with E-state index in [4.69, 9.17) is 4.74 Å². The third kappa shape index (κ3) is 3.45. The highest BCUT2D eigenvalue weighted by Crippen LogP contribution is 2.18. The molecule has 2 heterocycles. The number of aliphatic hydroxyl groups is 2. The lowest BCUT2D eigenvalue weighted by Crippen LogP contribution is -2.50. The van der Waals surface area contributed by atoms with Gasteiger partial charge < -0.3 is 24.4 Å². The van der Waals surface area contributed by atoms with Crippen molar-refractivity contribution in [2.75, 3.05) is 26.3 Å². The second-order valence-electron chi connectivity index (χ2n) is 6.29. The molecule has 1 amide bonds. The first-order valence-corrected chi connectivity index (χ1v) is 8.35. The number of fused-ring (bicyclic) bond motifs is 1. The number of ether oxygens (including phenoxy) is 1. The smallest absolute Gasteiger partial charge is 0.242 e. The Balaban J connectivity index is 1.68. The molecule has 2 N–H and O–H groups in total. The molecular formula is C18H24N2O4. The molecule has 24 heavy (non-hydrogen) atoms. The molecule has 0 saturated carbocycles. The van der Waals surface area contributed by atoms with E-state index in [-0.39, 0.29) is 25.0 Å². The molecule has 130 valence electrons. The Hall–Kier alpha value is -1.89. The average molecular weight is 332 g/mol. The molecule has 1 aliphatic rings. The second-order valence-corrected chi connectivity index (χ2v) is 6.29. The fourth-order valence-electron chi connectivity index (χ4n) is 3.23. The zero-order valence-electron chi connectivity index (χ0n) is 13.8. The van der Waals surface area contributed by atoms with Crippen LogP contribution in [0.1, 0.15) is 6.92 Å². The average Bonchev–Trinajstić information content (AvgIpc) is 2.99. The van der Waals surface area contributed by atoms with Gasteiger partial charge in [0.2, 0.25) is 5.91 Å². The van der Waals surface area contributed by atoms with Crippen molar-refractivity contribution >= 4 is 16.8 Å². The summed E-state index contributed by atoms with van der Waals surface area (Å²) in [5, 5.41) is 20.9. The minimum Gasteiger partial charge on any atom is -0.390 e. The Morgan fingerprint density at radius 1 is 1.29 bits per heavy atom. The quantitative estimate of drug-likeness (QED) is 0.851. The van der Waals surface area contributed by atoms with Gasteiger partial charge in [0.25, 0.3) is 0 Å². The van der Waals surface area contributed by atoms with Gasteiger partial charge in [0.05, 0.1) is 19.3 Å². The van der Waals surface area contributed by atoms with Gasteiger partial charge in [-0.1, -0.05) is 18.2 Å². The highest BCUT2D eigenvalue weighted by atomic mass is 16.5. The number of amides is 1. The number of hydrogen-bond acceptors (Lipinski definition) is 4. The maximum absolute atomic E-state index is 12.7. The largest absolute Gasteiger partial charge is 0.390 e. The van der Waals surface area contributed by atoms with Crippen molar-refractivity contribution in [3.63, 3.8) is 0 Å². The molecule has 6 heteroatoms. The van der Waals surface area contributed by atoms with Crippen LogP contribution in [0.5, 0.6) is 0 Å². The summed E-state index contributed by atoms with van der Waals surface area (Å²) in [5.41, 5.74) is 1.03. The Bertz CT molecular complexity index is 699. The van der Waals surface area contributed by atoms with Gasteiger partial charge in [0, 0.05) is 30.7 Å². The van der Waals surface area contributed by atoms with Crippen LogP contribution in [0.2, 0.25) is 0 Å². The summed E-state index contributed by atoms with van der Waals surface area (Å²) in [6, 6.07) is 9.94. The number of rotatable bonds is 5. The SMILES string of the molecule is CCN(C[C@@H]1COC[C@@H](O)[C@H]1O)C(=O)Cn1ccc2ccccc21. The van der Waals surface area contributed by atoms with Crippen LogP contribution in [0.25, 0.3) is 10.9 Å². The van der Waals surface area contributed by atoms with E-state index in [0.717, 1.165) is 10.9 Å². The lowest BCUT2D eigenvalue weighted by atomic mass is 9.96. The summed E-state index contributed by atoms with van der Waals surface area (Å²) >= 11 is 0. The Morgan fingerprint density at radius 3 is 2.88 bits per heavy atom. The summed E-state index contributed by atoms with van der Waals surface area (Å²) in [5.74, 6) is -0.273. The summed E-state index contributed by atoms with van der Waals surface area (Å²) in [6.07, 6.45) is 0.178. The van der Waals surface area contributed by atoms with E-state index in [1.165, 1.54) is 0 Å². The van der Waals surface area contributed by atoms with Crippen LogP contribution < -0.4 is 0 Å². The fourth-order valence-corrected chi connectivity index (χ4v) is 3.23. The minimum atomic E-state index is -0.883. The Kier molecular flexibility index (Phi) is 5.18. The second kappa shape index (κ2) is 7.34. The molecule has 1 fully saturated rings. The van der Waals surface area contributed by atoms with Crippen LogP contribution in [-0.2, 0) is 16.1 Å². The molecule has 1 aliphatic heterocycles. The van der Waals surface area contributed by atoms with Gasteiger partial charge in [-0.15, -0.1) is 0 Å². The lowest BCUT2D eigenvalue weighted by molar-refractivity contribution is -0.142. The first-order chi connectivity index (χ1) is 11.6. The van der Waals surface area contributed by atoms with Gasteiger partial charge in [0.15, 0.2) is 0 Å². The predicted molar refractivity (Wildman–Crippen MR) is 90.5 cm³/mol. The number of hydrogen-bond donors (Lipinski definition) is 2. The normalized spacial score (nSPS) is 24.2. The summed E-state index contributed by atoms with van der Waals surface area (Å²) in [4.78, 5) is 14.4. The molecule has 0 spiro atoms. The van der Waals surface area contributed by atoms with Crippen molar-refractivity contribution in [2.24, 2.45) is 5.92 Å². The van der Waals surface area contributed by atoms with Crippen molar-refractivity contribution < 1.29 is 19.7 Å². The maximum atomic E-state index is 12.7. The standard InChI is InChI=1S/C18H24N2O4/c1-2-19(9-14-11-24-12-16(21)18(14)23)17(22)10-20-8-7-13-5-3-4-6-15(13)20/h3-8,14,16,18,21,23H,2,9-12H2,1H3/t14-,16-,18+/m1/s1. The van der Waals surface area contributed by atoms with Crippen LogP contribution in [0.3, 0.4) is 0 Å². The van der Waals surface area contributed by atoms with Crippen molar-refractivity contribution in [1.82, 2.24) is 9.47 Å². The van der Waals surface area contributed by atoms with Crippen molar-refractivity contribution in [1.29, 1.82) is 0 Å². The Labute approximate surface area is 141 Å². The highest BCUT2D eigenvalue weighted by Gasteiger charge is 2.33. The van der Waals surface area contributed by atoms with Gasteiger partial charge in [-0.3, -0.25) is 4.79 Å². The van der Waals surface area contributed by atoms with Crippen molar-refractivity contribution in [2.45, 2.75) is 25.7 Å². The van der Waals surface area contributed by atoms with Crippen molar-refractivity contribution in [3.05, 3.63) is 36.5 Å². The molecule has 0 radical (unpaired) electrons. The fraction of sp³-hybridized carbons (Fsp3) is 0.500. The first-order valence-electron chi connectivity index (χ1n) is 8.35. The molecule has 0 aliphatic carbocycles. The third-order valence-electron chi connectivity index (χ3n) is 4.67. The van der Waals surface area contributed by atoms with Crippen LogP contribution in [0.4, 0.5) is 0 Å². The van der Waals surface area contributed by atoms with Gasteiger partial charge in [-0.05, 0) is 24.4 Å². The molecule has 1 aromatic carbocycles. The number of para-hydroxylation sites is 1. The molecule has 1 saturated heterocycles. The van der Waals surface area contributed by atoms with Gasteiger partial charge in [0.1, 0.15) is 12.6 Å². The molecule has 3 atom stereocenters. The van der Waals surface area contributed by atoms with E-state index in [0.29, 0.717) is 19.7 Å². The number of aliphatic hydroxyl groups excluding tert-OH is 2.